The molecule has 0 saturated carbocycles. The maximum atomic E-state index is 13.5. The molecular formula is C26H34N4O6. The topological polar surface area (TPSA) is 120 Å². The SMILES string of the molecule is COc1ccccc1Oc1cc(O)n(C(CC2CCOCC2)C(=O)Nc2ccn(CC(C)(C)O)n2)c1. The number of amides is 1. The minimum absolute atomic E-state index is 0.0836. The number of para-hydroxylation sites is 2. The number of aliphatic hydroxyl groups is 1. The van der Waals surface area contributed by atoms with Crippen molar-refractivity contribution in [2.75, 3.05) is 25.6 Å². The second kappa shape index (κ2) is 11.0. The fraction of sp³-hybridized carbons (Fsp3) is 0.462. The van der Waals surface area contributed by atoms with Crippen LogP contribution in [0.2, 0.25) is 0 Å². The van der Waals surface area contributed by atoms with E-state index in [4.69, 9.17) is 14.2 Å². The zero-order valence-corrected chi connectivity index (χ0v) is 20.9. The summed E-state index contributed by atoms with van der Waals surface area (Å²) in [5.41, 5.74) is -0.937. The molecule has 10 heteroatoms. The molecule has 2 aromatic heterocycles. The Kier molecular flexibility index (Phi) is 7.85. The number of carbonyl (C=O) groups is 1. The standard InChI is InChI=1S/C26H34N4O6/c1-26(2,33)17-29-11-8-23(28-29)27-25(32)20(14-18-9-12-35-13-10-18)30-16-19(15-24(30)31)36-22-7-5-4-6-21(22)34-3/h4-8,11,15-16,18,20,31,33H,9-10,12-14,17H2,1-3H3,(H,27,28,32). The molecule has 0 bridgehead atoms. The van der Waals surface area contributed by atoms with Crippen LogP contribution in [0, 0.1) is 5.92 Å². The van der Waals surface area contributed by atoms with Gasteiger partial charge in [-0.25, -0.2) is 0 Å². The first-order valence-corrected chi connectivity index (χ1v) is 12.1. The Morgan fingerprint density at radius 2 is 1.97 bits per heavy atom. The van der Waals surface area contributed by atoms with E-state index in [0.29, 0.717) is 42.7 Å². The van der Waals surface area contributed by atoms with Crippen molar-refractivity contribution in [3.63, 3.8) is 0 Å². The van der Waals surface area contributed by atoms with Gasteiger partial charge in [-0.15, -0.1) is 0 Å². The highest BCUT2D eigenvalue weighted by Crippen LogP contribution is 2.36. The first-order valence-electron chi connectivity index (χ1n) is 12.1. The number of carbonyl (C=O) groups excluding carboxylic acids is 1. The molecule has 0 aliphatic carbocycles. The zero-order valence-electron chi connectivity index (χ0n) is 20.9. The van der Waals surface area contributed by atoms with Gasteiger partial charge in [0.2, 0.25) is 5.91 Å². The largest absolute Gasteiger partial charge is 0.494 e. The molecule has 1 aliphatic heterocycles. The van der Waals surface area contributed by atoms with E-state index in [1.165, 1.54) is 10.6 Å². The highest BCUT2D eigenvalue weighted by atomic mass is 16.5. The molecule has 3 N–H and O–H groups in total. The summed E-state index contributed by atoms with van der Waals surface area (Å²) in [6.45, 7) is 4.98. The van der Waals surface area contributed by atoms with E-state index in [2.05, 4.69) is 10.4 Å². The number of anilines is 1. The Bertz CT molecular complexity index is 1160. The van der Waals surface area contributed by atoms with Gasteiger partial charge in [0.05, 0.1) is 25.5 Å². The van der Waals surface area contributed by atoms with Crippen molar-refractivity contribution in [2.45, 2.75) is 51.3 Å². The summed E-state index contributed by atoms with van der Waals surface area (Å²) in [6, 6.07) is 9.69. The first-order chi connectivity index (χ1) is 17.2. The van der Waals surface area contributed by atoms with Gasteiger partial charge in [0.1, 0.15) is 11.8 Å². The third-order valence-corrected chi connectivity index (χ3v) is 6.08. The Morgan fingerprint density at radius 3 is 2.67 bits per heavy atom. The van der Waals surface area contributed by atoms with Crippen LogP contribution >= 0.6 is 0 Å². The van der Waals surface area contributed by atoms with Crippen LogP contribution in [0.4, 0.5) is 5.82 Å². The van der Waals surface area contributed by atoms with E-state index >= 15 is 0 Å². The summed E-state index contributed by atoms with van der Waals surface area (Å²) in [5.74, 6) is 1.70. The van der Waals surface area contributed by atoms with Crippen molar-refractivity contribution in [1.29, 1.82) is 0 Å². The van der Waals surface area contributed by atoms with Crippen LogP contribution < -0.4 is 14.8 Å². The molecule has 1 saturated heterocycles. The van der Waals surface area contributed by atoms with E-state index in [-0.39, 0.29) is 24.2 Å². The van der Waals surface area contributed by atoms with Crippen molar-refractivity contribution < 1.29 is 29.2 Å². The molecule has 4 rings (SSSR count). The predicted molar refractivity (Wildman–Crippen MR) is 134 cm³/mol. The van der Waals surface area contributed by atoms with Crippen LogP contribution in [-0.4, -0.2) is 56.4 Å². The lowest BCUT2D eigenvalue weighted by molar-refractivity contribution is -0.120. The predicted octanol–water partition coefficient (Wildman–Crippen LogP) is 3.96. The van der Waals surface area contributed by atoms with Crippen LogP contribution in [0.1, 0.15) is 39.2 Å². The number of nitrogens with zero attached hydrogens (tertiary/aromatic N) is 3. The summed E-state index contributed by atoms with van der Waals surface area (Å²) < 4.78 is 19.9. The number of nitrogens with one attached hydrogen (secondary N) is 1. The maximum Gasteiger partial charge on any atom is 0.248 e. The molecule has 3 heterocycles. The molecule has 1 aliphatic rings. The Morgan fingerprint density at radius 1 is 1.25 bits per heavy atom. The van der Waals surface area contributed by atoms with Crippen molar-refractivity contribution >= 4 is 11.7 Å². The lowest BCUT2D eigenvalue weighted by Crippen LogP contribution is -2.30. The van der Waals surface area contributed by atoms with Crippen molar-refractivity contribution in [2.24, 2.45) is 5.92 Å². The van der Waals surface area contributed by atoms with Crippen molar-refractivity contribution in [3.8, 4) is 23.1 Å². The average Bonchev–Trinajstić information content (AvgIpc) is 3.42. The zero-order chi connectivity index (χ0) is 25.7. The minimum Gasteiger partial charge on any atom is -0.494 e. The van der Waals surface area contributed by atoms with Crippen LogP contribution in [0.25, 0.3) is 0 Å². The van der Waals surface area contributed by atoms with Crippen LogP contribution in [-0.2, 0) is 16.1 Å². The van der Waals surface area contributed by atoms with E-state index in [1.807, 2.05) is 12.1 Å². The second-order valence-corrected chi connectivity index (χ2v) is 9.70. The number of hydrogen-bond donors (Lipinski definition) is 3. The number of aromatic hydroxyl groups is 1. The summed E-state index contributed by atoms with van der Waals surface area (Å²) in [5, 5.41) is 28.0. The molecular weight excluding hydrogens is 464 g/mol. The monoisotopic (exact) mass is 498 g/mol. The third kappa shape index (κ3) is 6.58. The number of rotatable bonds is 10. The molecule has 1 atom stereocenters. The quantitative estimate of drug-likeness (QED) is 0.387. The van der Waals surface area contributed by atoms with Gasteiger partial charge in [0, 0.05) is 31.5 Å². The summed E-state index contributed by atoms with van der Waals surface area (Å²) in [4.78, 5) is 13.5. The smallest absolute Gasteiger partial charge is 0.248 e. The Labute approximate surface area is 210 Å². The molecule has 1 fully saturated rings. The summed E-state index contributed by atoms with van der Waals surface area (Å²) in [6.07, 6.45) is 5.54. The Hall–Kier alpha value is -3.50. The van der Waals surface area contributed by atoms with Gasteiger partial charge in [0.15, 0.2) is 23.2 Å². The van der Waals surface area contributed by atoms with E-state index in [1.54, 1.807) is 56.2 Å². The minimum atomic E-state index is -0.937. The maximum absolute atomic E-state index is 13.5. The normalized spacial score (nSPS) is 15.4. The third-order valence-electron chi connectivity index (χ3n) is 6.08. The van der Waals surface area contributed by atoms with Gasteiger partial charge in [-0.3, -0.25) is 9.48 Å². The van der Waals surface area contributed by atoms with E-state index in [9.17, 15) is 15.0 Å². The van der Waals surface area contributed by atoms with Crippen LogP contribution in [0.5, 0.6) is 23.1 Å². The number of ether oxygens (including phenoxy) is 3. The molecule has 1 unspecified atom stereocenters. The van der Waals surface area contributed by atoms with Crippen LogP contribution in [0.3, 0.4) is 0 Å². The van der Waals surface area contributed by atoms with Gasteiger partial charge >= 0.3 is 0 Å². The molecule has 10 nitrogen and oxygen atoms in total. The van der Waals surface area contributed by atoms with Gasteiger partial charge in [-0.05, 0) is 51.2 Å². The van der Waals surface area contributed by atoms with Gasteiger partial charge in [-0.2, -0.15) is 5.10 Å². The second-order valence-electron chi connectivity index (χ2n) is 9.70. The fourth-order valence-corrected chi connectivity index (χ4v) is 4.34. The lowest BCUT2D eigenvalue weighted by atomic mass is 9.92. The summed E-state index contributed by atoms with van der Waals surface area (Å²) in [7, 11) is 1.56. The Balaban J connectivity index is 1.56. The van der Waals surface area contributed by atoms with Gasteiger partial charge in [-0.1, -0.05) is 12.1 Å². The molecule has 36 heavy (non-hydrogen) atoms. The van der Waals surface area contributed by atoms with Crippen molar-refractivity contribution in [3.05, 3.63) is 48.8 Å². The fourth-order valence-electron chi connectivity index (χ4n) is 4.34. The molecule has 0 radical (unpaired) electrons. The van der Waals surface area contributed by atoms with E-state index in [0.717, 1.165) is 12.8 Å². The first kappa shape index (κ1) is 25.6. The highest BCUT2D eigenvalue weighted by molar-refractivity contribution is 5.93. The number of methoxy groups -OCH3 is 1. The molecule has 1 amide bonds. The molecule has 1 aromatic carbocycles. The van der Waals surface area contributed by atoms with Gasteiger partial charge in [0.25, 0.3) is 0 Å². The van der Waals surface area contributed by atoms with Crippen LogP contribution in [0.15, 0.2) is 48.8 Å². The van der Waals surface area contributed by atoms with E-state index < -0.39 is 11.6 Å². The average molecular weight is 499 g/mol. The highest BCUT2D eigenvalue weighted by Gasteiger charge is 2.29. The molecule has 3 aromatic rings. The molecule has 0 spiro atoms. The number of benzene rings is 1. The number of aromatic nitrogens is 3. The summed E-state index contributed by atoms with van der Waals surface area (Å²) >= 11 is 0. The van der Waals surface area contributed by atoms with Gasteiger partial charge < -0.3 is 34.3 Å². The number of hydrogen-bond acceptors (Lipinski definition) is 7. The van der Waals surface area contributed by atoms with Crippen molar-refractivity contribution in [1.82, 2.24) is 14.3 Å². The molecule has 194 valence electrons. The lowest BCUT2D eigenvalue weighted by Gasteiger charge is -2.27.